The van der Waals surface area contributed by atoms with Crippen molar-refractivity contribution in [3.8, 4) is 0 Å². The quantitative estimate of drug-likeness (QED) is 0.247. The topological polar surface area (TPSA) is 23.9 Å². The van der Waals surface area contributed by atoms with Crippen molar-refractivity contribution in [2.45, 2.75) is 7.43 Å². The average molecular weight is 1800 g/mol. The van der Waals surface area contributed by atoms with Crippen LogP contribution >= 0.6 is 275 Å². The van der Waals surface area contributed by atoms with Gasteiger partial charge in [-0.3, -0.25) is 0 Å². The van der Waals surface area contributed by atoms with Crippen LogP contribution in [0.4, 0.5) is 0 Å². The van der Waals surface area contributed by atoms with Gasteiger partial charge in [0, 0.05) is 106 Å². The van der Waals surface area contributed by atoms with Crippen LogP contribution in [-0.4, -0.2) is 6.53 Å². The molecule has 0 aliphatic carbocycles. The van der Waals surface area contributed by atoms with Crippen molar-refractivity contribution < 1.29 is 0 Å². The van der Waals surface area contributed by atoms with Gasteiger partial charge in [0.25, 0.3) is 0 Å². The predicted molar refractivity (Wildman–Crippen MR) is 263 cm³/mol. The van der Waals surface area contributed by atoms with Crippen molar-refractivity contribution in [3.05, 3.63) is 0 Å². The Labute approximate surface area is 389 Å². The van der Waals surface area contributed by atoms with Gasteiger partial charge in [-0.05, 0) is 0 Å². The normalized spacial score (nSPS) is 4.88. The predicted octanol–water partition coefficient (Wildman–Crippen LogP) is 7.82. The molecular formula is CH18I11NS11. The van der Waals surface area contributed by atoms with Gasteiger partial charge in [-0.15, -0.1) is 262 Å². The van der Waals surface area contributed by atoms with Crippen LogP contribution in [-0.2, 0) is 106 Å². The molecule has 0 saturated carbocycles. The van der Waals surface area contributed by atoms with Gasteiger partial charge in [-0.1, -0.05) is 7.43 Å². The van der Waals surface area contributed by atoms with E-state index in [1.165, 1.54) is 279 Å². The van der Waals surface area contributed by atoms with Crippen molar-refractivity contribution in [1.29, 1.82) is 11.3 Å². The van der Waals surface area contributed by atoms with Gasteiger partial charge in [-0.25, -0.2) is 4.78 Å². The molecule has 24 heavy (non-hydrogen) atoms. The van der Waals surface area contributed by atoms with E-state index in [4.69, 9.17) is 11.3 Å². The van der Waals surface area contributed by atoms with E-state index >= 15 is 0 Å². The second-order valence-corrected chi connectivity index (χ2v) is 5.51. The summed E-state index contributed by atoms with van der Waals surface area (Å²) in [5, 5.41) is 0. The third-order valence-corrected chi connectivity index (χ3v) is 2.25. The molecule has 0 rings (SSSR count). The fourth-order valence-corrected chi connectivity index (χ4v) is 0. The average Bonchev–Trinajstić information content (AvgIpc) is 3.02. The van der Waals surface area contributed by atoms with Gasteiger partial charge < -0.3 is 0 Å². The maximum Gasteiger partial charge on any atom is 0.107 e. The molecule has 0 atom stereocenters. The van der Waals surface area contributed by atoms with Gasteiger partial charge in [0.2, 0.25) is 0 Å². The van der Waals surface area contributed by atoms with E-state index in [9.17, 15) is 0 Å². The molecule has 0 heterocycles. The van der Waals surface area contributed by atoms with Crippen molar-refractivity contribution >= 4 is 381 Å². The molecule has 1 nitrogen and oxygen atoms in total. The van der Waals surface area contributed by atoms with Crippen molar-refractivity contribution in [2.75, 3.05) is 0 Å². The summed E-state index contributed by atoms with van der Waals surface area (Å²) in [6.07, 6.45) is 0. The molecular weight excluding hydrogens is 1770 g/mol. The highest BCUT2D eigenvalue weighted by atomic mass is 127. The lowest BCUT2D eigenvalue weighted by Crippen LogP contribution is -1.15. The van der Waals surface area contributed by atoms with Gasteiger partial charge in [-0.2, -0.15) is 13.5 Å². The Morgan fingerprint density at radius 3 is 0.583 bits per heavy atom. The number of nitrogens with one attached hydrogen (secondary N) is 1. The number of hydrogen-bond donors (Lipinski definition) is 1. The standard InChI is InChI=1S/CH4.11HI.HNS.S4.S3.S2.H2S/c;;;;;;;;;;;;1-2;1-3-4-2;1-3-2;1-2;/h1H4;11*1H;1H;;;;1H2/i/hD11. The molecule has 0 unspecified atom stereocenters. The first kappa shape index (κ1) is 47.6. The molecule has 170 valence electrons. The zero-order chi connectivity index (χ0) is 32.1. The molecule has 0 aliphatic rings. The summed E-state index contributed by atoms with van der Waals surface area (Å²) in [5.74, 6) is 0. The molecule has 0 spiro atoms. The van der Waals surface area contributed by atoms with Crippen LogP contribution in [0.1, 0.15) is 7.43 Å². The van der Waals surface area contributed by atoms with Gasteiger partial charge in [0.1, 0.15) is 6.53 Å². The minimum absolute atomic E-state index is 0. The number of hydrogen-bond acceptors (Lipinski definition) is 8. The second-order valence-electron chi connectivity index (χ2n) is 0.204. The summed E-state index contributed by atoms with van der Waals surface area (Å²) in [6.45, 7) is 0. The van der Waals surface area contributed by atoms with Gasteiger partial charge >= 0.3 is 0 Å². The largest absolute Gasteiger partial charge is 0.235 e. The van der Waals surface area contributed by atoms with E-state index in [1.54, 1.807) is 0 Å². The maximum atomic E-state index is 5.72. The summed E-state index contributed by atoms with van der Waals surface area (Å²) in [7, 11) is 3.26. The minimum atomic E-state index is 0. The summed E-state index contributed by atoms with van der Waals surface area (Å²) >= 11 is 43.0. The molecule has 0 aromatic rings. The Morgan fingerprint density at radius 1 is 0.542 bits per heavy atom. The Hall–Kier alpha value is 10.4. The van der Waals surface area contributed by atoms with Crippen LogP contribution < -0.4 is 0 Å². The first-order valence-electron chi connectivity index (χ1n) is 5.36. The Bertz CT molecular complexity index is 189. The highest BCUT2D eigenvalue weighted by molar-refractivity contribution is 14.0. The van der Waals surface area contributed by atoms with Gasteiger partial charge in [0.15, 0.2) is 0 Å². The number of rotatable bonds is 0. The number of halogens is 11. The van der Waals surface area contributed by atoms with E-state index in [1.807, 2.05) is 0 Å². The maximum absolute atomic E-state index is 5.72. The lowest BCUT2D eigenvalue weighted by Gasteiger charge is -1.14. The SMILES string of the molecule is C.N=S.S.S=S.S=S=S.S=S=S=S.[2H]I.[2H]I.[2H]I.[2H]I.[2H]I.[2H]I.[2H]I.[2H]I.[2H]I.[2H]I.[2H]I. The summed E-state index contributed by atoms with van der Waals surface area (Å²) in [6, 6.07) is 0. The van der Waals surface area contributed by atoms with Crippen molar-refractivity contribution in [2.24, 2.45) is 0 Å². The monoisotopic (exact) mass is 1800 g/mol. The van der Waals surface area contributed by atoms with Crippen LogP contribution in [0.25, 0.3) is 0 Å². The third kappa shape index (κ3) is 246. The minimum Gasteiger partial charge on any atom is -0.235 e. The van der Waals surface area contributed by atoms with Crippen LogP contribution in [0.15, 0.2) is 0 Å². The Kier molecular flexibility index (Phi) is 387. The summed E-state index contributed by atoms with van der Waals surface area (Å²) in [5.41, 5.74) is 0. The smallest absolute Gasteiger partial charge is 0.107 e. The van der Waals surface area contributed by atoms with E-state index in [0.717, 1.165) is 8.88 Å². The Balaban J connectivity index is -0.00000000664. The van der Waals surface area contributed by atoms with E-state index in [0.29, 0.717) is 0 Å². The van der Waals surface area contributed by atoms with Crippen LogP contribution in [0.5, 0.6) is 0 Å². The van der Waals surface area contributed by atoms with Crippen LogP contribution in [0.2, 0.25) is 0 Å². The zero-order valence-corrected chi connectivity index (χ0v) is 42.1. The molecule has 0 saturated heterocycles. The fraction of sp³-hybridized carbons (Fsp3) is 1.00. The van der Waals surface area contributed by atoms with Crippen molar-refractivity contribution in [3.63, 3.8) is 0 Å². The van der Waals surface area contributed by atoms with Crippen LogP contribution in [0.3, 0.4) is 0 Å². The van der Waals surface area contributed by atoms with E-state index < -0.39 is 0 Å². The third-order valence-electron chi connectivity index (χ3n) is 0.0278. The molecule has 0 bridgehead atoms. The first-order valence-corrected chi connectivity index (χ1v) is 9.61. The molecule has 0 aromatic carbocycles. The molecule has 1 N–H and O–H groups in total. The molecule has 23 heteroatoms. The first-order chi connectivity index (χ1) is 16.3. The lowest BCUT2D eigenvalue weighted by molar-refractivity contribution is 1.67. The molecule has 0 amide bonds. The highest BCUT2D eigenvalue weighted by Crippen LogP contribution is 1.14. The van der Waals surface area contributed by atoms with E-state index in [-0.39, 0.29) is 20.9 Å². The van der Waals surface area contributed by atoms with E-state index in [2.05, 4.69) is 79.6 Å². The highest BCUT2D eigenvalue weighted by Gasteiger charge is 1.15. The molecule has 0 fully saturated rings. The fourth-order valence-electron chi connectivity index (χ4n) is 0. The second kappa shape index (κ2) is 195. The molecule has 0 aromatic heterocycles. The zero-order valence-electron chi connectivity index (χ0n) is 20.2. The summed E-state index contributed by atoms with van der Waals surface area (Å²) < 4.78 is 68.3. The van der Waals surface area contributed by atoms with Crippen LogP contribution in [0, 0.1) is 4.78 Å². The van der Waals surface area contributed by atoms with Crippen molar-refractivity contribution in [1.82, 2.24) is 0 Å². The molecule has 0 radical (unpaired) electrons. The lowest BCUT2D eigenvalue weighted by atomic mass is 12.0. The Morgan fingerprint density at radius 2 is 0.583 bits per heavy atom. The molecule has 0 aliphatic heterocycles. The summed E-state index contributed by atoms with van der Waals surface area (Å²) in [4.78, 5) is 0. The van der Waals surface area contributed by atoms with Gasteiger partial charge in [0.05, 0.1) is 0 Å².